The molecule has 0 aromatic heterocycles. The van der Waals surface area contributed by atoms with Crippen LogP contribution in [0.3, 0.4) is 0 Å². The zero-order valence-corrected chi connectivity index (χ0v) is 12.0. The molecule has 0 radical (unpaired) electrons. The summed E-state index contributed by atoms with van der Waals surface area (Å²) in [5, 5.41) is 0.218. The van der Waals surface area contributed by atoms with Crippen molar-refractivity contribution < 1.29 is 0 Å². The third kappa shape index (κ3) is 2.85. The Morgan fingerprint density at radius 3 is 2.06 bits per heavy atom. The van der Waals surface area contributed by atoms with Crippen molar-refractivity contribution in [3.05, 3.63) is 34.4 Å². The van der Waals surface area contributed by atoms with E-state index in [0.29, 0.717) is 5.92 Å². The maximum absolute atomic E-state index is 6.75. The number of benzene rings is 1. The highest BCUT2D eigenvalue weighted by atomic mass is 35.5. The van der Waals surface area contributed by atoms with Gasteiger partial charge in [-0.25, -0.2) is 0 Å². The van der Waals surface area contributed by atoms with E-state index in [2.05, 4.69) is 32.9 Å². The van der Waals surface area contributed by atoms with Crippen molar-refractivity contribution in [3.8, 4) is 0 Å². The zero-order chi connectivity index (χ0) is 12.4. The van der Waals surface area contributed by atoms with Crippen molar-refractivity contribution in [3.63, 3.8) is 0 Å². The van der Waals surface area contributed by atoms with Crippen LogP contribution in [0, 0.1) is 26.7 Å². The Morgan fingerprint density at radius 2 is 1.53 bits per heavy atom. The van der Waals surface area contributed by atoms with E-state index in [1.165, 1.54) is 54.4 Å². The van der Waals surface area contributed by atoms with Crippen LogP contribution in [0.5, 0.6) is 0 Å². The van der Waals surface area contributed by atoms with E-state index in [1.54, 1.807) is 0 Å². The molecule has 0 nitrogen and oxygen atoms in total. The molecule has 0 aliphatic heterocycles. The van der Waals surface area contributed by atoms with E-state index in [-0.39, 0.29) is 5.38 Å². The predicted octanol–water partition coefficient (Wildman–Crippen LogP) is 5.47. The average Bonchev–Trinajstić information content (AvgIpc) is 2.28. The van der Waals surface area contributed by atoms with Crippen LogP contribution < -0.4 is 0 Å². The van der Waals surface area contributed by atoms with E-state index in [4.69, 9.17) is 11.6 Å². The maximum Gasteiger partial charge on any atom is 0.0618 e. The van der Waals surface area contributed by atoms with Gasteiger partial charge in [-0.2, -0.15) is 0 Å². The summed E-state index contributed by atoms with van der Waals surface area (Å²) >= 11 is 6.75. The fourth-order valence-corrected chi connectivity index (χ4v) is 3.88. The van der Waals surface area contributed by atoms with Crippen molar-refractivity contribution in [1.29, 1.82) is 0 Å². The van der Waals surface area contributed by atoms with E-state index in [1.807, 2.05) is 0 Å². The predicted molar refractivity (Wildman–Crippen MR) is 75.8 cm³/mol. The van der Waals surface area contributed by atoms with E-state index in [0.717, 1.165) is 0 Å². The third-order valence-electron chi connectivity index (χ3n) is 4.08. The minimum atomic E-state index is 0.218. The first-order valence-corrected chi connectivity index (χ1v) is 7.25. The first kappa shape index (κ1) is 13.0. The molecule has 1 atom stereocenters. The lowest BCUT2D eigenvalue weighted by atomic mass is 9.82. The van der Waals surface area contributed by atoms with Crippen LogP contribution in [0.15, 0.2) is 12.1 Å². The average molecular weight is 251 g/mol. The molecular weight excluding hydrogens is 228 g/mol. The van der Waals surface area contributed by atoms with Crippen LogP contribution in [0.4, 0.5) is 0 Å². The van der Waals surface area contributed by atoms with Gasteiger partial charge in [-0.3, -0.25) is 0 Å². The molecule has 94 valence electrons. The molecule has 1 aromatic carbocycles. The highest BCUT2D eigenvalue weighted by Crippen LogP contribution is 2.41. The molecule has 0 spiro atoms. The summed E-state index contributed by atoms with van der Waals surface area (Å²) in [7, 11) is 0. The zero-order valence-electron chi connectivity index (χ0n) is 11.2. The molecule has 2 rings (SSSR count). The molecule has 0 amide bonds. The van der Waals surface area contributed by atoms with Gasteiger partial charge < -0.3 is 0 Å². The van der Waals surface area contributed by atoms with E-state index >= 15 is 0 Å². The Kier molecular flexibility index (Phi) is 4.14. The minimum absolute atomic E-state index is 0.218. The topological polar surface area (TPSA) is 0 Å². The first-order valence-electron chi connectivity index (χ1n) is 6.81. The quantitative estimate of drug-likeness (QED) is 0.611. The van der Waals surface area contributed by atoms with Gasteiger partial charge in [-0.1, -0.05) is 37.0 Å². The van der Waals surface area contributed by atoms with Gasteiger partial charge in [-0.05, 0) is 56.2 Å². The van der Waals surface area contributed by atoms with Crippen LogP contribution in [0.2, 0.25) is 0 Å². The first-order chi connectivity index (χ1) is 8.09. The lowest BCUT2D eigenvalue weighted by molar-refractivity contribution is 0.347. The molecule has 1 heteroatoms. The van der Waals surface area contributed by atoms with Gasteiger partial charge >= 0.3 is 0 Å². The SMILES string of the molecule is Cc1cc(C)c(C(Cl)C2CCCCC2)c(C)c1. The van der Waals surface area contributed by atoms with Crippen molar-refractivity contribution in [2.75, 3.05) is 0 Å². The van der Waals surface area contributed by atoms with Crippen LogP contribution in [-0.2, 0) is 0 Å². The standard InChI is InChI=1S/C16H23Cl/c1-11-9-12(2)15(13(3)10-11)16(17)14-7-5-4-6-8-14/h9-10,14,16H,4-8H2,1-3H3. The Hall–Kier alpha value is -0.490. The van der Waals surface area contributed by atoms with Crippen LogP contribution >= 0.6 is 11.6 Å². The number of hydrogen-bond donors (Lipinski definition) is 0. The van der Waals surface area contributed by atoms with E-state index in [9.17, 15) is 0 Å². The summed E-state index contributed by atoms with van der Waals surface area (Å²) in [6, 6.07) is 4.53. The van der Waals surface area contributed by atoms with Gasteiger partial charge in [0.15, 0.2) is 0 Å². The van der Waals surface area contributed by atoms with Crippen molar-refractivity contribution >= 4 is 11.6 Å². The molecule has 1 saturated carbocycles. The Morgan fingerprint density at radius 1 is 1.00 bits per heavy atom. The summed E-state index contributed by atoms with van der Waals surface area (Å²) in [4.78, 5) is 0. The molecule has 0 saturated heterocycles. The van der Waals surface area contributed by atoms with Gasteiger partial charge in [0.1, 0.15) is 0 Å². The fraction of sp³-hybridized carbons (Fsp3) is 0.625. The molecule has 0 heterocycles. The Labute approximate surface area is 110 Å². The lowest BCUT2D eigenvalue weighted by Gasteiger charge is -2.28. The molecule has 1 unspecified atom stereocenters. The Balaban J connectivity index is 2.26. The second-order valence-corrected chi connectivity index (χ2v) is 6.08. The monoisotopic (exact) mass is 250 g/mol. The van der Waals surface area contributed by atoms with E-state index < -0.39 is 0 Å². The number of aryl methyl sites for hydroxylation is 3. The molecule has 0 bridgehead atoms. The second-order valence-electron chi connectivity index (χ2n) is 5.61. The highest BCUT2D eigenvalue weighted by molar-refractivity contribution is 6.21. The van der Waals surface area contributed by atoms with Gasteiger partial charge in [0.05, 0.1) is 5.38 Å². The number of hydrogen-bond acceptors (Lipinski definition) is 0. The second kappa shape index (κ2) is 5.44. The molecule has 1 aliphatic rings. The smallest absolute Gasteiger partial charge is 0.0618 e. The summed E-state index contributed by atoms with van der Waals surface area (Å²) in [5.41, 5.74) is 5.47. The molecule has 1 aromatic rings. The molecule has 1 aliphatic carbocycles. The minimum Gasteiger partial charge on any atom is -0.118 e. The van der Waals surface area contributed by atoms with Gasteiger partial charge in [0, 0.05) is 0 Å². The maximum atomic E-state index is 6.75. The number of alkyl halides is 1. The third-order valence-corrected chi connectivity index (χ3v) is 4.65. The van der Waals surface area contributed by atoms with Crippen LogP contribution in [0.1, 0.15) is 59.7 Å². The van der Waals surface area contributed by atoms with Crippen LogP contribution in [0.25, 0.3) is 0 Å². The summed E-state index contributed by atoms with van der Waals surface area (Å²) in [5.74, 6) is 0.686. The fourth-order valence-electron chi connectivity index (χ4n) is 3.29. The van der Waals surface area contributed by atoms with Crippen molar-refractivity contribution in [2.24, 2.45) is 5.92 Å². The van der Waals surface area contributed by atoms with Gasteiger partial charge in [-0.15, -0.1) is 11.6 Å². The van der Waals surface area contributed by atoms with Crippen molar-refractivity contribution in [2.45, 2.75) is 58.3 Å². The summed E-state index contributed by atoms with van der Waals surface area (Å²) in [6.07, 6.45) is 6.73. The number of rotatable bonds is 2. The molecule has 17 heavy (non-hydrogen) atoms. The van der Waals surface area contributed by atoms with Crippen LogP contribution in [-0.4, -0.2) is 0 Å². The lowest BCUT2D eigenvalue weighted by Crippen LogP contribution is -2.14. The highest BCUT2D eigenvalue weighted by Gasteiger charge is 2.25. The molecular formula is C16H23Cl. The van der Waals surface area contributed by atoms with Gasteiger partial charge in [0.2, 0.25) is 0 Å². The number of halogens is 1. The van der Waals surface area contributed by atoms with Gasteiger partial charge in [0.25, 0.3) is 0 Å². The Bertz CT molecular complexity index is 366. The summed E-state index contributed by atoms with van der Waals surface area (Å²) in [6.45, 7) is 6.56. The molecule has 0 N–H and O–H groups in total. The normalized spacial score (nSPS) is 19.3. The molecule has 1 fully saturated rings. The van der Waals surface area contributed by atoms with Crippen molar-refractivity contribution in [1.82, 2.24) is 0 Å². The largest absolute Gasteiger partial charge is 0.118 e. The summed E-state index contributed by atoms with van der Waals surface area (Å²) < 4.78 is 0.